The Labute approximate surface area is 162 Å². The number of carbonyl (C=O) groups excluding carboxylic acids is 1. The Morgan fingerprint density at radius 2 is 1.78 bits per heavy atom. The molecule has 3 rings (SSSR count). The van der Waals surface area contributed by atoms with E-state index in [0.29, 0.717) is 5.92 Å². The fourth-order valence-electron chi connectivity index (χ4n) is 3.32. The van der Waals surface area contributed by atoms with Crippen molar-refractivity contribution in [3.63, 3.8) is 0 Å². The van der Waals surface area contributed by atoms with Gasteiger partial charge in [-0.25, -0.2) is 0 Å². The van der Waals surface area contributed by atoms with E-state index in [1.807, 2.05) is 41.3 Å². The highest BCUT2D eigenvalue weighted by atomic mass is 16.5. The lowest BCUT2D eigenvalue weighted by molar-refractivity contribution is 0.0593. The van der Waals surface area contributed by atoms with Crippen molar-refractivity contribution >= 4 is 11.6 Å². The second-order valence-corrected chi connectivity index (χ2v) is 7.66. The van der Waals surface area contributed by atoms with Gasteiger partial charge in [-0.15, -0.1) is 0 Å². The Morgan fingerprint density at radius 3 is 2.44 bits per heavy atom. The summed E-state index contributed by atoms with van der Waals surface area (Å²) < 4.78 is 5.83. The lowest BCUT2D eigenvalue weighted by Crippen LogP contribution is -2.47. The summed E-state index contributed by atoms with van der Waals surface area (Å²) in [5, 5.41) is 3.55. The van der Waals surface area contributed by atoms with Crippen LogP contribution in [0.5, 0.6) is 5.75 Å². The number of hydrogen-bond donors (Lipinski definition) is 1. The third-order valence-electron chi connectivity index (χ3n) is 5.19. The highest BCUT2D eigenvalue weighted by Crippen LogP contribution is 2.35. The first-order valence-corrected chi connectivity index (χ1v) is 9.92. The van der Waals surface area contributed by atoms with Crippen LogP contribution in [-0.4, -0.2) is 23.5 Å². The zero-order chi connectivity index (χ0) is 19.4. The summed E-state index contributed by atoms with van der Waals surface area (Å²) in [6.45, 7) is 9.33. The predicted molar refractivity (Wildman–Crippen MR) is 110 cm³/mol. The Morgan fingerprint density at radius 1 is 1.07 bits per heavy atom. The van der Waals surface area contributed by atoms with Crippen molar-refractivity contribution in [1.29, 1.82) is 0 Å². The number of anilines is 1. The van der Waals surface area contributed by atoms with E-state index in [2.05, 4.69) is 45.1 Å². The minimum absolute atomic E-state index is 0.0842. The van der Waals surface area contributed by atoms with Crippen LogP contribution in [0.2, 0.25) is 0 Å². The zero-order valence-corrected chi connectivity index (χ0v) is 16.7. The molecule has 0 bridgehead atoms. The molecule has 0 spiro atoms. The molecule has 2 atom stereocenters. The third kappa shape index (κ3) is 4.26. The van der Waals surface area contributed by atoms with Crippen LogP contribution in [0.25, 0.3) is 0 Å². The van der Waals surface area contributed by atoms with Gasteiger partial charge in [0.1, 0.15) is 11.9 Å². The topological polar surface area (TPSA) is 41.6 Å². The van der Waals surface area contributed by atoms with E-state index in [0.717, 1.165) is 42.0 Å². The van der Waals surface area contributed by atoms with Crippen molar-refractivity contribution < 1.29 is 9.53 Å². The summed E-state index contributed by atoms with van der Waals surface area (Å²) in [5.41, 5.74) is 2.70. The average molecular weight is 367 g/mol. The summed E-state index contributed by atoms with van der Waals surface area (Å²) in [6, 6.07) is 16.0. The lowest BCUT2D eigenvalue weighted by atomic mass is 10.0. The maximum Gasteiger partial charge on any atom is 0.258 e. The predicted octanol–water partition coefficient (Wildman–Crippen LogP) is 5.48. The molecule has 4 heteroatoms. The number of carbonyl (C=O) groups is 1. The molecule has 1 heterocycles. The Balaban J connectivity index is 1.84. The fraction of sp³-hybridized carbons (Fsp3) is 0.435. The maximum atomic E-state index is 13.1. The molecule has 0 radical (unpaired) electrons. The van der Waals surface area contributed by atoms with Crippen LogP contribution in [0.3, 0.4) is 0 Å². The Bertz CT molecular complexity index is 770. The molecule has 0 aromatic heterocycles. The first-order chi connectivity index (χ1) is 13.0. The summed E-state index contributed by atoms with van der Waals surface area (Å²) in [6.07, 6.45) is 1.77. The monoisotopic (exact) mass is 366 g/mol. The summed E-state index contributed by atoms with van der Waals surface area (Å²) in [4.78, 5) is 15.1. The summed E-state index contributed by atoms with van der Waals surface area (Å²) in [7, 11) is 0. The van der Waals surface area contributed by atoms with Gasteiger partial charge in [-0.3, -0.25) is 4.79 Å². The first-order valence-electron chi connectivity index (χ1n) is 9.92. The number of benzene rings is 2. The van der Waals surface area contributed by atoms with E-state index < -0.39 is 0 Å². The van der Waals surface area contributed by atoms with E-state index in [1.165, 1.54) is 0 Å². The Hall–Kier alpha value is -2.49. The quantitative estimate of drug-likeness (QED) is 0.706. The minimum Gasteiger partial charge on any atom is -0.494 e. The van der Waals surface area contributed by atoms with Gasteiger partial charge in [0.2, 0.25) is 0 Å². The van der Waals surface area contributed by atoms with Crippen molar-refractivity contribution in [1.82, 2.24) is 4.90 Å². The molecule has 0 saturated heterocycles. The fourth-order valence-corrected chi connectivity index (χ4v) is 3.32. The number of nitrogens with one attached hydrogen (secondary N) is 1. The van der Waals surface area contributed by atoms with Gasteiger partial charge in [-0.05, 0) is 55.5 Å². The molecule has 0 saturated carbocycles. The third-order valence-corrected chi connectivity index (χ3v) is 5.19. The molecule has 144 valence electrons. The summed E-state index contributed by atoms with van der Waals surface area (Å²) >= 11 is 0. The molecule has 0 aliphatic carbocycles. The summed E-state index contributed by atoms with van der Waals surface area (Å²) in [5.74, 6) is 1.59. The molecule has 2 aromatic carbocycles. The van der Waals surface area contributed by atoms with Crippen molar-refractivity contribution in [3.8, 4) is 5.75 Å². The molecule has 1 N–H and O–H groups in total. The smallest absolute Gasteiger partial charge is 0.258 e. The lowest BCUT2D eigenvalue weighted by Gasteiger charge is -2.41. The first kappa shape index (κ1) is 19.3. The van der Waals surface area contributed by atoms with Gasteiger partial charge in [-0.2, -0.15) is 0 Å². The standard InChI is InChI=1S/C23H30N2O2/c1-5-17(4)25-22(24-21-9-7-6-8-20(21)23(25)26)18-10-12-19(13-11-18)27-15-14-16(2)3/h6-13,16-17,22,24H,5,14-15H2,1-4H3. The van der Waals surface area contributed by atoms with E-state index >= 15 is 0 Å². The zero-order valence-electron chi connectivity index (χ0n) is 16.7. The van der Waals surface area contributed by atoms with Gasteiger partial charge in [0, 0.05) is 11.7 Å². The average Bonchev–Trinajstić information content (AvgIpc) is 2.67. The highest BCUT2D eigenvalue weighted by Gasteiger charge is 2.35. The van der Waals surface area contributed by atoms with Gasteiger partial charge in [0.25, 0.3) is 5.91 Å². The largest absolute Gasteiger partial charge is 0.494 e. The molecule has 2 aromatic rings. The highest BCUT2D eigenvalue weighted by molar-refractivity contribution is 6.01. The number of fused-ring (bicyclic) bond motifs is 1. The number of hydrogen-bond acceptors (Lipinski definition) is 3. The van der Waals surface area contributed by atoms with Gasteiger partial charge >= 0.3 is 0 Å². The molecule has 0 fully saturated rings. The normalized spacial score (nSPS) is 17.4. The molecule has 4 nitrogen and oxygen atoms in total. The van der Waals surface area contributed by atoms with E-state index in [-0.39, 0.29) is 18.1 Å². The maximum absolute atomic E-state index is 13.1. The van der Waals surface area contributed by atoms with Gasteiger partial charge in [0.15, 0.2) is 0 Å². The second-order valence-electron chi connectivity index (χ2n) is 7.66. The molecular formula is C23H30N2O2. The van der Waals surface area contributed by atoms with E-state index in [9.17, 15) is 4.79 Å². The molecular weight excluding hydrogens is 336 g/mol. The molecule has 1 aliphatic heterocycles. The molecule has 1 amide bonds. The van der Waals surface area contributed by atoms with Crippen LogP contribution in [0.1, 0.15) is 62.6 Å². The van der Waals surface area contributed by atoms with Crippen LogP contribution in [0.4, 0.5) is 5.69 Å². The number of amides is 1. The van der Waals surface area contributed by atoms with Crippen LogP contribution >= 0.6 is 0 Å². The van der Waals surface area contributed by atoms with Crippen molar-refractivity contribution in [2.45, 2.75) is 52.7 Å². The van der Waals surface area contributed by atoms with Gasteiger partial charge in [-0.1, -0.05) is 45.0 Å². The van der Waals surface area contributed by atoms with Crippen LogP contribution in [0.15, 0.2) is 48.5 Å². The Kier molecular flexibility index (Phi) is 6.04. The minimum atomic E-state index is -0.174. The SMILES string of the molecule is CCC(C)N1C(=O)c2ccccc2NC1c1ccc(OCCC(C)C)cc1. The van der Waals surface area contributed by atoms with E-state index in [1.54, 1.807) is 0 Å². The number of nitrogens with zero attached hydrogens (tertiary/aromatic N) is 1. The van der Waals surface area contributed by atoms with Crippen molar-refractivity contribution in [3.05, 3.63) is 59.7 Å². The van der Waals surface area contributed by atoms with Gasteiger partial charge < -0.3 is 15.0 Å². The van der Waals surface area contributed by atoms with Gasteiger partial charge in [0.05, 0.1) is 12.2 Å². The molecule has 27 heavy (non-hydrogen) atoms. The number of rotatable bonds is 7. The molecule has 2 unspecified atom stereocenters. The van der Waals surface area contributed by atoms with Crippen LogP contribution in [0, 0.1) is 5.92 Å². The van der Waals surface area contributed by atoms with Crippen molar-refractivity contribution in [2.75, 3.05) is 11.9 Å². The number of para-hydroxylation sites is 1. The number of ether oxygens (including phenoxy) is 1. The van der Waals surface area contributed by atoms with Crippen LogP contribution in [-0.2, 0) is 0 Å². The van der Waals surface area contributed by atoms with Crippen molar-refractivity contribution in [2.24, 2.45) is 5.92 Å². The van der Waals surface area contributed by atoms with Crippen LogP contribution < -0.4 is 10.1 Å². The van der Waals surface area contributed by atoms with E-state index in [4.69, 9.17) is 4.74 Å². The molecule has 1 aliphatic rings. The second kappa shape index (κ2) is 8.47.